The number of carboxylic acid groups (broad SMARTS) is 1. The van der Waals surface area contributed by atoms with Crippen LogP contribution >= 0.6 is 0 Å². The van der Waals surface area contributed by atoms with Gasteiger partial charge in [0, 0.05) is 6.42 Å². The lowest BCUT2D eigenvalue weighted by atomic mass is 10.3. The van der Waals surface area contributed by atoms with Crippen molar-refractivity contribution in [2.24, 2.45) is 0 Å². The van der Waals surface area contributed by atoms with Crippen LogP contribution in [0.2, 0.25) is 0 Å². The van der Waals surface area contributed by atoms with Crippen LogP contribution in [-0.2, 0) is 16.0 Å². The Morgan fingerprint density at radius 1 is 1.47 bits per heavy atom. The second-order valence-electron chi connectivity index (χ2n) is 3.93. The summed E-state index contributed by atoms with van der Waals surface area (Å²) in [4.78, 5) is 26.4. The van der Waals surface area contributed by atoms with Crippen molar-refractivity contribution in [1.29, 1.82) is 0 Å². The Kier molecular flexibility index (Phi) is 3.37. The first-order valence-electron chi connectivity index (χ1n) is 5.60. The number of esters is 1. The number of methoxy groups -OCH3 is 1. The Hall–Kier alpha value is -2.57. The summed E-state index contributed by atoms with van der Waals surface area (Å²) in [5.41, 5.74) is 6.48. The van der Waals surface area contributed by atoms with Gasteiger partial charge in [0.15, 0.2) is 5.69 Å². The molecule has 0 bridgehead atoms. The van der Waals surface area contributed by atoms with E-state index in [1.807, 2.05) is 0 Å². The predicted molar refractivity (Wildman–Crippen MR) is 66.9 cm³/mol. The number of carbonyl (C=O) groups excluding carboxylic acids is 1. The third-order valence-corrected chi connectivity index (χ3v) is 2.70. The molecule has 0 aliphatic rings. The van der Waals surface area contributed by atoms with E-state index in [0.717, 1.165) is 0 Å². The van der Waals surface area contributed by atoms with Crippen LogP contribution in [-0.4, -0.2) is 33.5 Å². The molecule has 7 heteroatoms. The Bertz CT molecular complexity index is 648. The molecule has 0 saturated carbocycles. The molecule has 0 fully saturated rings. The summed E-state index contributed by atoms with van der Waals surface area (Å²) < 4.78 is 6.22. The number of nitrogen functional groups attached to an aromatic ring is 1. The molecule has 2 heterocycles. The zero-order valence-corrected chi connectivity index (χ0v) is 10.3. The number of anilines is 1. The minimum atomic E-state index is -0.939. The van der Waals surface area contributed by atoms with Crippen LogP contribution < -0.4 is 5.73 Å². The lowest BCUT2D eigenvalue weighted by Gasteiger charge is -2.03. The molecule has 0 spiro atoms. The van der Waals surface area contributed by atoms with Gasteiger partial charge in [0.25, 0.3) is 0 Å². The summed E-state index contributed by atoms with van der Waals surface area (Å²) in [7, 11) is 1.26. The number of pyridine rings is 1. The maximum Gasteiger partial charge on any atom is 0.358 e. The van der Waals surface area contributed by atoms with Gasteiger partial charge < -0.3 is 15.6 Å². The molecule has 3 N–H and O–H groups in total. The number of aromatic nitrogens is 2. The Labute approximate surface area is 108 Å². The van der Waals surface area contributed by atoms with E-state index >= 15 is 0 Å². The maximum absolute atomic E-state index is 11.6. The molecule has 0 aliphatic carbocycles. The van der Waals surface area contributed by atoms with Crippen molar-refractivity contribution in [3.63, 3.8) is 0 Å². The van der Waals surface area contributed by atoms with Gasteiger partial charge in [-0.3, -0.25) is 9.20 Å². The number of nitrogens with two attached hydrogens (primary N) is 1. The highest BCUT2D eigenvalue weighted by molar-refractivity contribution is 5.95. The van der Waals surface area contributed by atoms with Gasteiger partial charge in [0.05, 0.1) is 19.0 Å². The first kappa shape index (κ1) is 12.9. The minimum absolute atomic E-state index is 0.0892. The highest BCUT2D eigenvalue weighted by Gasteiger charge is 2.19. The molecule has 19 heavy (non-hydrogen) atoms. The fourth-order valence-electron chi connectivity index (χ4n) is 1.87. The number of carbonyl (C=O) groups is 2. The van der Waals surface area contributed by atoms with Crippen LogP contribution in [0.4, 0.5) is 5.82 Å². The molecule has 7 nitrogen and oxygen atoms in total. The Morgan fingerprint density at radius 3 is 2.84 bits per heavy atom. The van der Waals surface area contributed by atoms with Crippen LogP contribution in [0.3, 0.4) is 0 Å². The van der Waals surface area contributed by atoms with E-state index in [9.17, 15) is 9.59 Å². The summed E-state index contributed by atoms with van der Waals surface area (Å²) in [5, 5.41) is 8.72. The zero-order valence-electron chi connectivity index (χ0n) is 10.3. The number of imidazole rings is 1. The normalized spacial score (nSPS) is 10.6. The molecule has 100 valence electrons. The van der Waals surface area contributed by atoms with Crippen molar-refractivity contribution in [2.45, 2.75) is 12.8 Å². The van der Waals surface area contributed by atoms with Crippen molar-refractivity contribution >= 4 is 23.3 Å². The smallest absolute Gasteiger partial charge is 0.358 e. The maximum atomic E-state index is 11.6. The van der Waals surface area contributed by atoms with Crippen molar-refractivity contribution < 1.29 is 19.4 Å². The number of carboxylic acids is 1. The second-order valence-corrected chi connectivity index (χ2v) is 3.93. The van der Waals surface area contributed by atoms with Gasteiger partial charge in [-0.1, -0.05) is 6.07 Å². The number of aliphatic carboxylic acids is 1. The lowest BCUT2D eigenvalue weighted by molar-refractivity contribution is -0.137. The number of nitrogens with zero attached hydrogens (tertiary/aromatic N) is 2. The predicted octanol–water partition coefficient (Wildman–Crippen LogP) is 0.720. The highest BCUT2D eigenvalue weighted by atomic mass is 16.5. The van der Waals surface area contributed by atoms with Gasteiger partial charge in [-0.05, 0) is 12.1 Å². The number of fused-ring (bicyclic) bond motifs is 1. The van der Waals surface area contributed by atoms with Crippen molar-refractivity contribution in [3.8, 4) is 0 Å². The fourth-order valence-corrected chi connectivity index (χ4v) is 1.87. The van der Waals surface area contributed by atoms with E-state index in [1.165, 1.54) is 7.11 Å². The molecule has 0 unspecified atom stereocenters. The van der Waals surface area contributed by atoms with Crippen molar-refractivity contribution in [3.05, 3.63) is 29.7 Å². The minimum Gasteiger partial charge on any atom is -0.481 e. The van der Waals surface area contributed by atoms with E-state index in [-0.39, 0.29) is 18.5 Å². The van der Waals surface area contributed by atoms with E-state index in [1.54, 1.807) is 22.6 Å². The van der Waals surface area contributed by atoms with Crippen molar-refractivity contribution in [2.75, 3.05) is 12.8 Å². The number of hydrogen-bond donors (Lipinski definition) is 2. The van der Waals surface area contributed by atoms with E-state index in [4.69, 9.17) is 10.8 Å². The topological polar surface area (TPSA) is 107 Å². The summed E-state index contributed by atoms with van der Waals surface area (Å²) in [5.74, 6) is -0.702. The average Bonchev–Trinajstić information content (AvgIpc) is 2.76. The quantitative estimate of drug-likeness (QED) is 0.787. The first-order chi connectivity index (χ1) is 9.04. The van der Waals surface area contributed by atoms with Gasteiger partial charge in [-0.15, -0.1) is 0 Å². The molecule has 0 atom stereocenters. The summed E-state index contributed by atoms with van der Waals surface area (Å²) in [6, 6.07) is 5.03. The van der Waals surface area contributed by atoms with Crippen LogP contribution in [0.1, 0.15) is 22.7 Å². The van der Waals surface area contributed by atoms with Gasteiger partial charge in [-0.2, -0.15) is 0 Å². The molecule has 2 aromatic heterocycles. The third-order valence-electron chi connectivity index (χ3n) is 2.70. The zero-order chi connectivity index (χ0) is 14.0. The molecular weight excluding hydrogens is 250 g/mol. The molecule has 0 aromatic carbocycles. The Morgan fingerprint density at radius 2 is 2.21 bits per heavy atom. The van der Waals surface area contributed by atoms with E-state index in [0.29, 0.717) is 17.2 Å². The largest absolute Gasteiger partial charge is 0.481 e. The van der Waals surface area contributed by atoms with Gasteiger partial charge in [0.1, 0.15) is 11.6 Å². The Balaban J connectivity index is 2.57. The first-order valence-corrected chi connectivity index (χ1v) is 5.60. The number of hydrogen-bond acceptors (Lipinski definition) is 5. The summed E-state index contributed by atoms with van der Waals surface area (Å²) >= 11 is 0. The molecule has 2 aromatic rings. The van der Waals surface area contributed by atoms with Crippen LogP contribution in [0, 0.1) is 0 Å². The van der Waals surface area contributed by atoms with Crippen molar-refractivity contribution in [1.82, 2.24) is 9.38 Å². The summed E-state index contributed by atoms with van der Waals surface area (Å²) in [6.07, 6.45) is 0.0930. The van der Waals surface area contributed by atoms with Crippen LogP contribution in [0.25, 0.3) is 5.52 Å². The third kappa shape index (κ3) is 2.35. The standard InChI is InChI=1S/C12H13N3O4/c1-19-12(18)11-7-3-2-4-8(13)15(7)9(14-11)5-6-10(16)17/h2-4H,5-6,13H2,1H3,(H,16,17). The van der Waals surface area contributed by atoms with Gasteiger partial charge in [0.2, 0.25) is 0 Å². The van der Waals surface area contributed by atoms with Gasteiger partial charge >= 0.3 is 11.9 Å². The fraction of sp³-hybridized carbons (Fsp3) is 0.250. The van der Waals surface area contributed by atoms with Gasteiger partial charge in [-0.25, -0.2) is 9.78 Å². The SMILES string of the molecule is COC(=O)c1nc(CCC(=O)O)n2c(N)cccc12. The molecule has 0 amide bonds. The summed E-state index contributed by atoms with van der Waals surface area (Å²) in [6.45, 7) is 0. The van der Waals surface area contributed by atoms with E-state index < -0.39 is 11.9 Å². The molecule has 0 radical (unpaired) electrons. The molecule has 2 rings (SSSR count). The lowest BCUT2D eigenvalue weighted by Crippen LogP contribution is -2.04. The molecule has 0 saturated heterocycles. The monoisotopic (exact) mass is 263 g/mol. The highest BCUT2D eigenvalue weighted by Crippen LogP contribution is 2.19. The van der Waals surface area contributed by atoms with E-state index in [2.05, 4.69) is 9.72 Å². The number of rotatable bonds is 4. The number of ether oxygens (including phenoxy) is 1. The molecular formula is C12H13N3O4. The van der Waals surface area contributed by atoms with Crippen LogP contribution in [0.5, 0.6) is 0 Å². The average molecular weight is 263 g/mol. The second kappa shape index (κ2) is 4.97. The van der Waals surface area contributed by atoms with Crippen LogP contribution in [0.15, 0.2) is 18.2 Å². The number of aryl methyl sites for hydroxylation is 1. The molecule has 0 aliphatic heterocycles.